The van der Waals surface area contributed by atoms with Gasteiger partial charge in [0.15, 0.2) is 0 Å². The lowest BCUT2D eigenvalue weighted by molar-refractivity contribution is -0.162. The molecule has 132 valence electrons. The van der Waals surface area contributed by atoms with E-state index in [9.17, 15) is 14.4 Å². The standard InChI is InChI=1S/C18H24O6/c1-18(2,3)24-16(20)11-14(17(21)22-4)10-15(19)23-12-13-8-6-5-7-9-13/h5-9,14H,10-12H2,1-4H3/t14-/m1/s1. The van der Waals surface area contributed by atoms with Crippen LogP contribution in [0.1, 0.15) is 39.2 Å². The number of methoxy groups -OCH3 is 1. The molecule has 0 aliphatic heterocycles. The van der Waals surface area contributed by atoms with Gasteiger partial charge in [-0.25, -0.2) is 0 Å². The largest absolute Gasteiger partial charge is 0.469 e. The number of rotatable bonds is 7. The Morgan fingerprint density at radius 2 is 1.58 bits per heavy atom. The fourth-order valence-electron chi connectivity index (χ4n) is 1.99. The zero-order chi connectivity index (χ0) is 18.2. The number of ether oxygens (including phenoxy) is 3. The number of hydrogen-bond donors (Lipinski definition) is 0. The van der Waals surface area contributed by atoms with E-state index in [2.05, 4.69) is 4.74 Å². The lowest BCUT2D eigenvalue weighted by Crippen LogP contribution is -2.29. The third-order valence-corrected chi connectivity index (χ3v) is 3.02. The first kappa shape index (κ1) is 19.7. The van der Waals surface area contributed by atoms with Crippen molar-refractivity contribution in [1.29, 1.82) is 0 Å². The summed E-state index contributed by atoms with van der Waals surface area (Å²) in [6.07, 6.45) is -0.469. The fraction of sp³-hybridized carbons (Fsp3) is 0.500. The quantitative estimate of drug-likeness (QED) is 0.562. The van der Waals surface area contributed by atoms with E-state index in [0.29, 0.717) is 0 Å². The first-order valence-electron chi connectivity index (χ1n) is 7.70. The highest BCUT2D eigenvalue weighted by Crippen LogP contribution is 2.17. The van der Waals surface area contributed by atoms with Crippen LogP contribution in [0, 0.1) is 5.92 Å². The highest BCUT2D eigenvalue weighted by atomic mass is 16.6. The van der Waals surface area contributed by atoms with E-state index in [4.69, 9.17) is 9.47 Å². The minimum absolute atomic E-state index is 0.111. The minimum atomic E-state index is -0.923. The molecule has 0 amide bonds. The molecule has 0 N–H and O–H groups in total. The predicted molar refractivity (Wildman–Crippen MR) is 86.8 cm³/mol. The van der Waals surface area contributed by atoms with Crippen LogP contribution in [0.15, 0.2) is 30.3 Å². The molecule has 6 nitrogen and oxygen atoms in total. The van der Waals surface area contributed by atoms with Crippen LogP contribution in [0.25, 0.3) is 0 Å². The maximum absolute atomic E-state index is 11.9. The zero-order valence-electron chi connectivity index (χ0n) is 14.5. The maximum Gasteiger partial charge on any atom is 0.309 e. The SMILES string of the molecule is COC(=O)[C@H](CC(=O)OCc1ccccc1)CC(=O)OC(C)(C)C. The van der Waals surface area contributed by atoms with E-state index in [1.807, 2.05) is 30.3 Å². The fourth-order valence-corrected chi connectivity index (χ4v) is 1.99. The summed E-state index contributed by atoms with van der Waals surface area (Å²) in [5, 5.41) is 0. The molecule has 0 saturated heterocycles. The Kier molecular flexibility index (Phi) is 7.42. The molecule has 1 rings (SSSR count). The van der Waals surface area contributed by atoms with Crippen molar-refractivity contribution in [3.63, 3.8) is 0 Å². The molecule has 0 fully saturated rings. The second-order valence-corrected chi connectivity index (χ2v) is 6.36. The Labute approximate surface area is 142 Å². The van der Waals surface area contributed by atoms with Gasteiger partial charge in [-0.05, 0) is 26.3 Å². The summed E-state index contributed by atoms with van der Waals surface area (Å²) in [6.45, 7) is 5.30. The van der Waals surface area contributed by atoms with Gasteiger partial charge in [-0.1, -0.05) is 30.3 Å². The maximum atomic E-state index is 11.9. The molecule has 0 heterocycles. The Balaban J connectivity index is 2.57. The summed E-state index contributed by atoms with van der Waals surface area (Å²) in [5.74, 6) is -2.70. The topological polar surface area (TPSA) is 78.9 Å². The highest BCUT2D eigenvalue weighted by molar-refractivity contribution is 5.84. The van der Waals surface area contributed by atoms with E-state index >= 15 is 0 Å². The van der Waals surface area contributed by atoms with Crippen LogP contribution in [0.4, 0.5) is 0 Å². The first-order valence-corrected chi connectivity index (χ1v) is 7.70. The van der Waals surface area contributed by atoms with Gasteiger partial charge in [0.1, 0.15) is 12.2 Å². The molecule has 0 aliphatic carbocycles. The van der Waals surface area contributed by atoms with Gasteiger partial charge in [0, 0.05) is 0 Å². The van der Waals surface area contributed by atoms with Crippen molar-refractivity contribution >= 4 is 17.9 Å². The van der Waals surface area contributed by atoms with Crippen molar-refractivity contribution in [3.05, 3.63) is 35.9 Å². The van der Waals surface area contributed by atoms with Gasteiger partial charge in [-0.3, -0.25) is 14.4 Å². The van der Waals surface area contributed by atoms with Gasteiger partial charge in [-0.2, -0.15) is 0 Å². The number of carbonyl (C=O) groups is 3. The molecule has 0 spiro atoms. The molecule has 0 saturated carbocycles. The summed E-state index contributed by atoms with van der Waals surface area (Å²) in [5.41, 5.74) is 0.179. The van der Waals surface area contributed by atoms with Crippen LogP contribution in [-0.4, -0.2) is 30.6 Å². The first-order chi connectivity index (χ1) is 11.2. The lowest BCUT2D eigenvalue weighted by atomic mass is 10.0. The van der Waals surface area contributed by atoms with Crippen molar-refractivity contribution in [2.75, 3.05) is 7.11 Å². The van der Waals surface area contributed by atoms with Gasteiger partial charge in [0.2, 0.25) is 0 Å². The molecule has 6 heteroatoms. The normalized spacial score (nSPS) is 12.2. The van der Waals surface area contributed by atoms with Crippen LogP contribution in [0.5, 0.6) is 0 Å². The Morgan fingerprint density at radius 3 is 2.12 bits per heavy atom. The van der Waals surface area contributed by atoms with Gasteiger partial charge in [-0.15, -0.1) is 0 Å². The highest BCUT2D eigenvalue weighted by Gasteiger charge is 2.28. The summed E-state index contributed by atoms with van der Waals surface area (Å²) < 4.78 is 15.0. The molecule has 24 heavy (non-hydrogen) atoms. The summed E-state index contributed by atoms with van der Waals surface area (Å²) in [4.78, 5) is 35.6. The molecule has 1 aromatic rings. The van der Waals surface area contributed by atoms with Crippen LogP contribution < -0.4 is 0 Å². The van der Waals surface area contributed by atoms with Gasteiger partial charge < -0.3 is 14.2 Å². The molecule has 1 atom stereocenters. The third kappa shape index (κ3) is 7.76. The molecular weight excluding hydrogens is 312 g/mol. The van der Waals surface area contributed by atoms with Crippen molar-refractivity contribution in [2.24, 2.45) is 5.92 Å². The second kappa shape index (κ2) is 9.05. The van der Waals surface area contributed by atoms with E-state index in [-0.39, 0.29) is 19.4 Å². The van der Waals surface area contributed by atoms with E-state index in [0.717, 1.165) is 5.56 Å². The van der Waals surface area contributed by atoms with E-state index in [1.54, 1.807) is 20.8 Å². The third-order valence-electron chi connectivity index (χ3n) is 3.02. The molecule has 0 unspecified atom stereocenters. The average Bonchev–Trinajstić information content (AvgIpc) is 2.50. The van der Waals surface area contributed by atoms with Gasteiger partial charge >= 0.3 is 17.9 Å². The smallest absolute Gasteiger partial charge is 0.309 e. The minimum Gasteiger partial charge on any atom is -0.469 e. The molecule has 0 bridgehead atoms. The van der Waals surface area contributed by atoms with E-state index < -0.39 is 29.4 Å². The molecule has 0 radical (unpaired) electrons. The second-order valence-electron chi connectivity index (χ2n) is 6.36. The van der Waals surface area contributed by atoms with Crippen LogP contribution in [0.2, 0.25) is 0 Å². The van der Waals surface area contributed by atoms with Crippen molar-refractivity contribution in [2.45, 2.75) is 45.8 Å². The number of hydrogen-bond acceptors (Lipinski definition) is 6. The van der Waals surface area contributed by atoms with Crippen LogP contribution >= 0.6 is 0 Å². The van der Waals surface area contributed by atoms with Crippen molar-refractivity contribution in [3.8, 4) is 0 Å². The summed E-state index contributed by atoms with van der Waals surface area (Å²) in [6, 6.07) is 9.18. The molecule has 0 aliphatic rings. The van der Waals surface area contributed by atoms with Crippen molar-refractivity contribution < 1.29 is 28.6 Å². The molecular formula is C18H24O6. The average molecular weight is 336 g/mol. The zero-order valence-corrected chi connectivity index (χ0v) is 14.5. The van der Waals surface area contributed by atoms with Crippen molar-refractivity contribution in [1.82, 2.24) is 0 Å². The number of esters is 3. The number of benzene rings is 1. The number of carbonyl (C=O) groups excluding carboxylic acids is 3. The van der Waals surface area contributed by atoms with E-state index in [1.165, 1.54) is 7.11 Å². The molecule has 0 aromatic heterocycles. The molecule has 1 aromatic carbocycles. The Hall–Kier alpha value is -2.37. The van der Waals surface area contributed by atoms with Crippen LogP contribution in [0.3, 0.4) is 0 Å². The van der Waals surface area contributed by atoms with Crippen LogP contribution in [-0.2, 0) is 35.2 Å². The predicted octanol–water partition coefficient (Wildman–Crippen LogP) is 2.64. The monoisotopic (exact) mass is 336 g/mol. The van der Waals surface area contributed by atoms with Gasteiger partial charge in [0.05, 0.1) is 25.9 Å². The Bertz CT molecular complexity index is 559. The summed E-state index contributed by atoms with van der Waals surface area (Å²) >= 11 is 0. The Morgan fingerprint density at radius 1 is 1.00 bits per heavy atom. The van der Waals surface area contributed by atoms with Gasteiger partial charge in [0.25, 0.3) is 0 Å². The summed E-state index contributed by atoms with van der Waals surface area (Å²) in [7, 11) is 1.21. The lowest BCUT2D eigenvalue weighted by Gasteiger charge is -2.21.